The van der Waals surface area contributed by atoms with Crippen LogP contribution < -0.4 is 10.9 Å². The lowest BCUT2D eigenvalue weighted by Gasteiger charge is -2.14. The summed E-state index contributed by atoms with van der Waals surface area (Å²) in [5, 5.41) is 6.32. The second kappa shape index (κ2) is 5.82. The van der Waals surface area contributed by atoms with Crippen LogP contribution >= 0.6 is 0 Å². The van der Waals surface area contributed by atoms with E-state index in [1.54, 1.807) is 6.92 Å². The molecule has 1 unspecified atom stereocenters. The minimum Gasteiger partial charge on any atom is -0.324 e. The molecule has 1 aromatic carbocycles. The summed E-state index contributed by atoms with van der Waals surface area (Å²) in [7, 11) is 0. The Bertz CT molecular complexity index is 723. The third kappa shape index (κ3) is 3.50. The number of carbonyl (C=O) groups is 1. The highest BCUT2D eigenvalue weighted by atomic mass is 19.1. The standard InChI is InChI=1S/C14H13F2N3O2/c1-8-3-4-13(20)19(18-8)9(2)14(21)17-12-6-10(15)5-11(16)7-12/h3-7,9H,1-2H3,(H,17,21). The molecule has 5 nitrogen and oxygen atoms in total. The number of carbonyl (C=O) groups excluding carboxylic acids is 1. The van der Waals surface area contributed by atoms with Crippen molar-refractivity contribution in [2.45, 2.75) is 19.9 Å². The highest BCUT2D eigenvalue weighted by molar-refractivity contribution is 5.93. The lowest BCUT2D eigenvalue weighted by atomic mass is 10.2. The number of hydrogen-bond donors (Lipinski definition) is 1. The summed E-state index contributed by atoms with van der Waals surface area (Å²) >= 11 is 0. The van der Waals surface area contributed by atoms with Crippen molar-refractivity contribution >= 4 is 11.6 Å². The Hall–Kier alpha value is -2.57. The number of benzene rings is 1. The number of rotatable bonds is 3. The van der Waals surface area contributed by atoms with Crippen LogP contribution in [0.1, 0.15) is 18.7 Å². The predicted octanol–water partition coefficient (Wildman–Crippen LogP) is 2.03. The molecular weight excluding hydrogens is 280 g/mol. The first kappa shape index (κ1) is 14.8. The fraction of sp³-hybridized carbons (Fsp3) is 0.214. The van der Waals surface area contributed by atoms with Gasteiger partial charge < -0.3 is 5.32 Å². The van der Waals surface area contributed by atoms with E-state index in [2.05, 4.69) is 10.4 Å². The van der Waals surface area contributed by atoms with Crippen LogP contribution in [0.3, 0.4) is 0 Å². The SMILES string of the molecule is Cc1ccc(=O)n(C(C)C(=O)Nc2cc(F)cc(F)c2)n1. The number of aryl methyl sites for hydroxylation is 1. The topological polar surface area (TPSA) is 64.0 Å². The average molecular weight is 293 g/mol. The number of amides is 1. The first-order valence-electron chi connectivity index (χ1n) is 6.20. The summed E-state index contributed by atoms with van der Waals surface area (Å²) in [6.07, 6.45) is 0. The first-order valence-corrected chi connectivity index (χ1v) is 6.20. The lowest BCUT2D eigenvalue weighted by Crippen LogP contribution is -2.33. The third-order valence-corrected chi connectivity index (χ3v) is 2.83. The highest BCUT2D eigenvalue weighted by Crippen LogP contribution is 2.14. The largest absolute Gasteiger partial charge is 0.324 e. The molecule has 0 aliphatic rings. The Balaban J connectivity index is 2.23. The van der Waals surface area contributed by atoms with Gasteiger partial charge in [0.2, 0.25) is 5.91 Å². The smallest absolute Gasteiger partial charge is 0.267 e. The Labute approximate surface area is 119 Å². The van der Waals surface area contributed by atoms with Gasteiger partial charge in [0.25, 0.3) is 5.56 Å². The fourth-order valence-electron chi connectivity index (χ4n) is 1.78. The fourth-order valence-corrected chi connectivity index (χ4v) is 1.78. The Kier molecular flexibility index (Phi) is 4.11. The van der Waals surface area contributed by atoms with Crippen molar-refractivity contribution in [2.75, 3.05) is 5.32 Å². The minimum absolute atomic E-state index is 0.0231. The van der Waals surface area contributed by atoms with Crippen LogP contribution in [0.5, 0.6) is 0 Å². The molecule has 0 saturated heterocycles. The molecule has 1 aromatic heterocycles. The van der Waals surface area contributed by atoms with Crippen LogP contribution in [-0.4, -0.2) is 15.7 Å². The van der Waals surface area contributed by atoms with Crippen molar-refractivity contribution < 1.29 is 13.6 Å². The second-order valence-corrected chi connectivity index (χ2v) is 4.58. The van der Waals surface area contributed by atoms with E-state index in [1.807, 2.05) is 0 Å². The van der Waals surface area contributed by atoms with Crippen LogP contribution in [0.2, 0.25) is 0 Å². The van der Waals surface area contributed by atoms with Gasteiger partial charge in [-0.25, -0.2) is 13.5 Å². The van der Waals surface area contributed by atoms with Gasteiger partial charge in [0.05, 0.1) is 5.69 Å². The number of hydrogen-bond acceptors (Lipinski definition) is 3. The monoisotopic (exact) mass is 293 g/mol. The van der Waals surface area contributed by atoms with E-state index in [0.29, 0.717) is 11.8 Å². The normalized spacial score (nSPS) is 12.0. The summed E-state index contributed by atoms with van der Waals surface area (Å²) in [6, 6.07) is 4.59. The van der Waals surface area contributed by atoms with E-state index in [0.717, 1.165) is 16.8 Å². The van der Waals surface area contributed by atoms with Crippen LogP contribution in [0.25, 0.3) is 0 Å². The van der Waals surface area contributed by atoms with E-state index in [1.165, 1.54) is 19.1 Å². The molecule has 0 aliphatic carbocycles. The molecular formula is C14H13F2N3O2. The van der Waals surface area contributed by atoms with Gasteiger partial charge in [-0.1, -0.05) is 0 Å². The maximum atomic E-state index is 13.1. The van der Waals surface area contributed by atoms with E-state index >= 15 is 0 Å². The zero-order chi connectivity index (χ0) is 15.6. The summed E-state index contributed by atoms with van der Waals surface area (Å²) in [5.41, 5.74) is 0.116. The zero-order valence-corrected chi connectivity index (χ0v) is 11.4. The first-order chi connectivity index (χ1) is 9.86. The number of nitrogens with zero attached hydrogens (tertiary/aromatic N) is 2. The van der Waals surface area contributed by atoms with Gasteiger partial charge in [-0.3, -0.25) is 9.59 Å². The van der Waals surface area contributed by atoms with Gasteiger partial charge in [-0.15, -0.1) is 0 Å². The zero-order valence-electron chi connectivity index (χ0n) is 11.4. The van der Waals surface area contributed by atoms with Crippen molar-refractivity contribution in [1.29, 1.82) is 0 Å². The maximum absolute atomic E-state index is 13.1. The molecule has 21 heavy (non-hydrogen) atoms. The van der Waals surface area contributed by atoms with Crippen LogP contribution in [-0.2, 0) is 4.79 Å². The molecule has 1 heterocycles. The van der Waals surface area contributed by atoms with Gasteiger partial charge in [0, 0.05) is 17.8 Å². The second-order valence-electron chi connectivity index (χ2n) is 4.58. The number of halogens is 2. The number of aromatic nitrogens is 2. The van der Waals surface area contributed by atoms with Crippen LogP contribution in [0.4, 0.5) is 14.5 Å². The summed E-state index contributed by atoms with van der Waals surface area (Å²) in [4.78, 5) is 23.7. The molecule has 0 aliphatic heterocycles. The minimum atomic E-state index is -0.913. The molecule has 110 valence electrons. The van der Waals surface area contributed by atoms with Crippen LogP contribution in [0.15, 0.2) is 35.1 Å². The molecule has 2 aromatic rings. The molecule has 1 amide bonds. The Morgan fingerprint density at radius 1 is 1.24 bits per heavy atom. The molecule has 0 saturated carbocycles. The van der Waals surface area contributed by atoms with Gasteiger partial charge in [-0.05, 0) is 32.0 Å². The van der Waals surface area contributed by atoms with Crippen molar-refractivity contribution in [3.05, 3.63) is 58.0 Å². The molecule has 1 atom stereocenters. The Morgan fingerprint density at radius 2 is 1.86 bits per heavy atom. The van der Waals surface area contributed by atoms with Crippen molar-refractivity contribution in [3.63, 3.8) is 0 Å². The van der Waals surface area contributed by atoms with E-state index in [9.17, 15) is 18.4 Å². The van der Waals surface area contributed by atoms with Gasteiger partial charge in [0.1, 0.15) is 17.7 Å². The summed E-state index contributed by atoms with van der Waals surface area (Å²) < 4.78 is 27.1. The quantitative estimate of drug-likeness (QED) is 0.941. The maximum Gasteiger partial charge on any atom is 0.267 e. The van der Waals surface area contributed by atoms with Gasteiger partial charge in [-0.2, -0.15) is 5.10 Å². The van der Waals surface area contributed by atoms with Crippen molar-refractivity contribution in [2.24, 2.45) is 0 Å². The van der Waals surface area contributed by atoms with Gasteiger partial charge >= 0.3 is 0 Å². The average Bonchev–Trinajstić information content (AvgIpc) is 2.39. The van der Waals surface area contributed by atoms with E-state index < -0.39 is 29.1 Å². The number of anilines is 1. The van der Waals surface area contributed by atoms with Crippen molar-refractivity contribution in [3.8, 4) is 0 Å². The molecule has 0 spiro atoms. The molecule has 0 radical (unpaired) electrons. The van der Waals surface area contributed by atoms with Crippen molar-refractivity contribution in [1.82, 2.24) is 9.78 Å². The molecule has 1 N–H and O–H groups in total. The molecule has 7 heteroatoms. The third-order valence-electron chi connectivity index (χ3n) is 2.83. The molecule has 0 fully saturated rings. The highest BCUT2D eigenvalue weighted by Gasteiger charge is 2.18. The lowest BCUT2D eigenvalue weighted by molar-refractivity contribution is -0.119. The van der Waals surface area contributed by atoms with E-state index in [4.69, 9.17) is 0 Å². The summed E-state index contributed by atoms with van der Waals surface area (Å²) in [5.74, 6) is -2.20. The Morgan fingerprint density at radius 3 is 2.48 bits per heavy atom. The predicted molar refractivity (Wildman–Crippen MR) is 72.9 cm³/mol. The van der Waals surface area contributed by atoms with E-state index in [-0.39, 0.29) is 5.69 Å². The molecule has 0 bridgehead atoms. The molecule has 2 rings (SSSR count). The number of nitrogens with one attached hydrogen (secondary N) is 1. The summed E-state index contributed by atoms with van der Waals surface area (Å²) in [6.45, 7) is 3.15. The van der Waals surface area contributed by atoms with Gasteiger partial charge in [0.15, 0.2) is 0 Å². The van der Waals surface area contributed by atoms with Crippen LogP contribution in [0, 0.1) is 18.6 Å².